The zero-order chi connectivity index (χ0) is 22.8. The van der Waals surface area contributed by atoms with E-state index in [1.807, 2.05) is 13.8 Å². The Morgan fingerprint density at radius 1 is 1.13 bits per heavy atom. The predicted molar refractivity (Wildman–Crippen MR) is 125 cm³/mol. The standard InChI is InChI=1S/C22H26BrN3O4S/c1-14(2)12-20(22(28)24-18-6-4-17(23)5-7-18)25-31(29,30)19-8-9-21-16(13-19)10-11-26(21)15(3)27/h4-9,13-14,20,25H,10-12H2,1-3H3,(H,24,28). The molecule has 7 nitrogen and oxygen atoms in total. The zero-order valence-electron chi connectivity index (χ0n) is 17.7. The molecule has 0 radical (unpaired) electrons. The Balaban J connectivity index is 1.81. The van der Waals surface area contributed by atoms with Crippen LogP contribution in [0.5, 0.6) is 0 Å². The maximum atomic E-state index is 13.1. The van der Waals surface area contributed by atoms with Crippen LogP contribution in [-0.2, 0) is 26.0 Å². The first-order valence-corrected chi connectivity index (χ1v) is 12.3. The minimum absolute atomic E-state index is 0.0749. The van der Waals surface area contributed by atoms with Crippen molar-refractivity contribution in [1.82, 2.24) is 4.72 Å². The average Bonchev–Trinajstić information content (AvgIpc) is 3.12. The van der Waals surface area contributed by atoms with Crippen molar-refractivity contribution >= 4 is 49.1 Å². The Bertz CT molecular complexity index is 1080. The second-order valence-corrected chi connectivity index (χ2v) is 10.6. The number of rotatable bonds is 7. The Morgan fingerprint density at radius 3 is 2.42 bits per heavy atom. The molecular formula is C22H26BrN3O4S. The lowest BCUT2D eigenvalue weighted by molar-refractivity contribution is -0.118. The molecule has 1 unspecified atom stereocenters. The molecule has 0 aromatic heterocycles. The van der Waals surface area contributed by atoms with E-state index in [1.165, 1.54) is 13.0 Å². The number of fused-ring (bicyclic) bond motifs is 1. The molecule has 1 atom stereocenters. The van der Waals surface area contributed by atoms with Crippen molar-refractivity contribution in [2.75, 3.05) is 16.8 Å². The molecule has 1 heterocycles. The number of anilines is 2. The molecule has 0 saturated heterocycles. The van der Waals surface area contributed by atoms with Crippen molar-refractivity contribution in [3.8, 4) is 0 Å². The molecule has 3 rings (SSSR count). The van der Waals surface area contributed by atoms with Gasteiger partial charge in [0.2, 0.25) is 21.8 Å². The van der Waals surface area contributed by atoms with Gasteiger partial charge in [0.05, 0.1) is 4.90 Å². The zero-order valence-corrected chi connectivity index (χ0v) is 20.1. The Hall–Kier alpha value is -2.23. The van der Waals surface area contributed by atoms with Crippen molar-refractivity contribution in [3.05, 3.63) is 52.5 Å². The number of hydrogen-bond acceptors (Lipinski definition) is 4. The quantitative estimate of drug-likeness (QED) is 0.597. The summed E-state index contributed by atoms with van der Waals surface area (Å²) < 4.78 is 29.6. The van der Waals surface area contributed by atoms with E-state index in [2.05, 4.69) is 26.0 Å². The molecule has 0 fully saturated rings. The van der Waals surface area contributed by atoms with Crippen LogP contribution in [0.4, 0.5) is 11.4 Å². The van der Waals surface area contributed by atoms with Crippen molar-refractivity contribution in [2.24, 2.45) is 5.92 Å². The third-order valence-corrected chi connectivity index (χ3v) is 7.07. The van der Waals surface area contributed by atoms with Gasteiger partial charge in [-0.05, 0) is 66.8 Å². The molecule has 166 valence electrons. The molecule has 1 aliphatic heterocycles. The van der Waals surface area contributed by atoms with E-state index in [-0.39, 0.29) is 16.7 Å². The summed E-state index contributed by atoms with van der Waals surface area (Å²) in [6, 6.07) is 10.9. The highest BCUT2D eigenvalue weighted by Gasteiger charge is 2.29. The van der Waals surface area contributed by atoms with Crippen molar-refractivity contribution < 1.29 is 18.0 Å². The van der Waals surface area contributed by atoms with E-state index in [0.717, 1.165) is 15.7 Å². The smallest absolute Gasteiger partial charge is 0.242 e. The third kappa shape index (κ3) is 5.72. The number of sulfonamides is 1. The van der Waals surface area contributed by atoms with Crippen molar-refractivity contribution in [1.29, 1.82) is 0 Å². The summed E-state index contributed by atoms with van der Waals surface area (Å²) >= 11 is 3.35. The second kappa shape index (κ2) is 9.50. The molecule has 2 amide bonds. The number of amides is 2. The van der Waals surface area contributed by atoms with Gasteiger partial charge in [0.1, 0.15) is 6.04 Å². The van der Waals surface area contributed by atoms with Crippen LogP contribution in [0.15, 0.2) is 51.8 Å². The van der Waals surface area contributed by atoms with Crippen LogP contribution in [0.1, 0.15) is 32.8 Å². The van der Waals surface area contributed by atoms with Crippen LogP contribution in [-0.4, -0.2) is 32.8 Å². The Morgan fingerprint density at radius 2 is 1.81 bits per heavy atom. The van der Waals surface area contributed by atoms with Crippen LogP contribution in [0, 0.1) is 5.92 Å². The van der Waals surface area contributed by atoms with Gasteiger partial charge < -0.3 is 10.2 Å². The molecule has 0 aliphatic carbocycles. The van der Waals surface area contributed by atoms with Gasteiger partial charge in [0.25, 0.3) is 0 Å². The first-order valence-electron chi connectivity index (χ1n) is 10.1. The molecule has 31 heavy (non-hydrogen) atoms. The van der Waals surface area contributed by atoms with Gasteiger partial charge in [-0.2, -0.15) is 4.72 Å². The third-order valence-electron chi connectivity index (χ3n) is 5.07. The molecule has 0 saturated carbocycles. The minimum atomic E-state index is -3.93. The van der Waals surface area contributed by atoms with Crippen LogP contribution in [0.2, 0.25) is 0 Å². The number of halogens is 1. The number of hydrogen-bond donors (Lipinski definition) is 2. The number of nitrogens with one attached hydrogen (secondary N) is 2. The highest BCUT2D eigenvalue weighted by atomic mass is 79.9. The normalized spacial score (nSPS) is 14.4. The van der Waals surface area contributed by atoms with Crippen molar-refractivity contribution in [2.45, 2.75) is 44.6 Å². The lowest BCUT2D eigenvalue weighted by Gasteiger charge is -2.21. The number of benzene rings is 2. The van der Waals surface area contributed by atoms with Gasteiger partial charge in [-0.15, -0.1) is 0 Å². The van der Waals surface area contributed by atoms with Crippen molar-refractivity contribution in [3.63, 3.8) is 0 Å². The first kappa shape index (κ1) is 23.4. The van der Waals surface area contributed by atoms with E-state index in [4.69, 9.17) is 0 Å². The molecule has 9 heteroatoms. The van der Waals surface area contributed by atoms with Gasteiger partial charge in [0, 0.05) is 29.3 Å². The highest BCUT2D eigenvalue weighted by Crippen LogP contribution is 2.30. The van der Waals surface area contributed by atoms with Crippen LogP contribution in [0.25, 0.3) is 0 Å². The topological polar surface area (TPSA) is 95.6 Å². The summed E-state index contributed by atoms with van der Waals surface area (Å²) in [5.74, 6) is -0.384. The van der Waals surface area contributed by atoms with E-state index in [0.29, 0.717) is 25.1 Å². The summed E-state index contributed by atoms with van der Waals surface area (Å²) in [5, 5.41) is 2.78. The molecule has 0 spiro atoms. The molecule has 0 bridgehead atoms. The highest BCUT2D eigenvalue weighted by molar-refractivity contribution is 9.10. The summed E-state index contributed by atoms with van der Waals surface area (Å²) in [5.41, 5.74) is 2.12. The molecule has 1 aliphatic rings. The monoisotopic (exact) mass is 507 g/mol. The van der Waals surface area contributed by atoms with Gasteiger partial charge in [-0.3, -0.25) is 9.59 Å². The Kier molecular flexibility index (Phi) is 7.18. The SMILES string of the molecule is CC(=O)N1CCc2cc(S(=O)(=O)NC(CC(C)C)C(=O)Nc3ccc(Br)cc3)ccc21. The van der Waals surface area contributed by atoms with Gasteiger partial charge in [0.15, 0.2) is 0 Å². The van der Waals surface area contributed by atoms with E-state index in [9.17, 15) is 18.0 Å². The first-order chi connectivity index (χ1) is 14.6. The fraction of sp³-hybridized carbons (Fsp3) is 0.364. The molecule has 2 N–H and O–H groups in total. The van der Waals surface area contributed by atoms with Crippen LogP contribution in [0.3, 0.4) is 0 Å². The van der Waals surface area contributed by atoms with Crippen LogP contribution >= 0.6 is 15.9 Å². The lowest BCUT2D eigenvalue weighted by Crippen LogP contribution is -2.44. The van der Waals surface area contributed by atoms with E-state index < -0.39 is 22.0 Å². The summed E-state index contributed by atoms with van der Waals surface area (Å²) in [7, 11) is -3.93. The molecule has 2 aromatic carbocycles. The summed E-state index contributed by atoms with van der Waals surface area (Å²) in [6.07, 6.45) is 0.947. The number of carbonyl (C=O) groups excluding carboxylic acids is 2. The lowest BCUT2D eigenvalue weighted by atomic mass is 10.0. The molecular weight excluding hydrogens is 482 g/mol. The van der Waals surface area contributed by atoms with E-state index >= 15 is 0 Å². The fourth-order valence-electron chi connectivity index (χ4n) is 3.57. The summed E-state index contributed by atoms with van der Waals surface area (Å²) in [6.45, 7) is 5.88. The Labute approximate surface area is 191 Å². The largest absolute Gasteiger partial charge is 0.325 e. The van der Waals surface area contributed by atoms with Gasteiger partial charge in [-0.1, -0.05) is 29.8 Å². The average molecular weight is 508 g/mol. The van der Waals surface area contributed by atoms with Gasteiger partial charge >= 0.3 is 0 Å². The minimum Gasteiger partial charge on any atom is -0.325 e. The maximum Gasteiger partial charge on any atom is 0.242 e. The summed E-state index contributed by atoms with van der Waals surface area (Å²) in [4.78, 5) is 26.3. The maximum absolute atomic E-state index is 13.1. The molecule has 2 aromatic rings. The van der Waals surface area contributed by atoms with Gasteiger partial charge in [-0.25, -0.2) is 8.42 Å². The number of carbonyl (C=O) groups is 2. The fourth-order valence-corrected chi connectivity index (χ4v) is 5.09. The number of nitrogens with zero attached hydrogens (tertiary/aromatic N) is 1. The van der Waals surface area contributed by atoms with E-state index in [1.54, 1.807) is 41.3 Å². The predicted octanol–water partition coefficient (Wildman–Crippen LogP) is 3.69. The van der Waals surface area contributed by atoms with Crippen LogP contribution < -0.4 is 14.9 Å². The second-order valence-electron chi connectivity index (χ2n) is 8.01.